The molecule has 0 unspecified atom stereocenters. The Hall–Kier alpha value is -1.05. The smallest absolute Gasteiger partial charge is 0.206 e. The van der Waals surface area contributed by atoms with Gasteiger partial charge in [-0.3, -0.25) is 4.90 Å². The molecule has 0 aliphatic carbocycles. The topological polar surface area (TPSA) is 53.9 Å². The highest BCUT2D eigenvalue weighted by Gasteiger charge is 2.15. The standard InChI is InChI=1S/C13H19N5S2/c1-9(2)14-13-17-16-12(20-13)10-8-19-11(15-10)7-18-5-3-4-6-18/h8-9H,3-7H2,1-2H3,(H,14,17). The van der Waals surface area contributed by atoms with Crippen LogP contribution in [0.3, 0.4) is 0 Å². The van der Waals surface area contributed by atoms with E-state index in [1.165, 1.54) is 30.9 Å². The first-order chi connectivity index (χ1) is 9.70. The molecule has 0 amide bonds. The van der Waals surface area contributed by atoms with Gasteiger partial charge in [-0.15, -0.1) is 21.5 Å². The molecule has 0 radical (unpaired) electrons. The second kappa shape index (κ2) is 6.15. The van der Waals surface area contributed by atoms with Crippen LogP contribution in [0.4, 0.5) is 5.13 Å². The minimum atomic E-state index is 0.372. The predicted octanol–water partition coefficient (Wildman–Crippen LogP) is 3.08. The Labute approximate surface area is 127 Å². The zero-order valence-corrected chi connectivity index (χ0v) is 13.4. The lowest BCUT2D eigenvalue weighted by atomic mass is 10.4. The summed E-state index contributed by atoms with van der Waals surface area (Å²) in [7, 11) is 0. The first-order valence-corrected chi connectivity index (χ1v) is 8.67. The van der Waals surface area contributed by atoms with E-state index in [2.05, 4.69) is 39.6 Å². The zero-order valence-electron chi connectivity index (χ0n) is 11.8. The number of aromatic nitrogens is 3. The maximum atomic E-state index is 4.69. The monoisotopic (exact) mass is 309 g/mol. The highest BCUT2D eigenvalue weighted by molar-refractivity contribution is 7.18. The van der Waals surface area contributed by atoms with Crippen molar-refractivity contribution < 1.29 is 0 Å². The van der Waals surface area contributed by atoms with Gasteiger partial charge in [-0.2, -0.15) is 0 Å². The van der Waals surface area contributed by atoms with Gasteiger partial charge >= 0.3 is 0 Å². The van der Waals surface area contributed by atoms with E-state index in [4.69, 9.17) is 4.98 Å². The molecule has 2 aromatic rings. The highest BCUT2D eigenvalue weighted by atomic mass is 32.1. The molecule has 0 aromatic carbocycles. The zero-order chi connectivity index (χ0) is 13.9. The molecule has 5 nitrogen and oxygen atoms in total. The van der Waals surface area contributed by atoms with Crippen LogP contribution in [-0.2, 0) is 6.54 Å². The number of hydrogen-bond acceptors (Lipinski definition) is 7. The number of likely N-dealkylation sites (tertiary alicyclic amines) is 1. The Bertz CT molecular complexity index is 557. The molecule has 0 saturated carbocycles. The number of rotatable bonds is 5. The number of thiazole rings is 1. The van der Waals surface area contributed by atoms with Crippen molar-refractivity contribution in [1.82, 2.24) is 20.1 Å². The van der Waals surface area contributed by atoms with Crippen LogP contribution < -0.4 is 5.32 Å². The van der Waals surface area contributed by atoms with Gasteiger partial charge in [-0.05, 0) is 39.8 Å². The number of anilines is 1. The molecule has 1 fully saturated rings. The normalized spacial score (nSPS) is 16.1. The van der Waals surface area contributed by atoms with Gasteiger partial charge in [0, 0.05) is 11.4 Å². The molecule has 20 heavy (non-hydrogen) atoms. The Morgan fingerprint density at radius 3 is 2.85 bits per heavy atom. The third-order valence-corrected chi connectivity index (χ3v) is 4.88. The van der Waals surface area contributed by atoms with Crippen molar-refractivity contribution >= 4 is 27.8 Å². The third-order valence-electron chi connectivity index (χ3n) is 3.17. The SMILES string of the molecule is CC(C)Nc1nnc(-c2csc(CN3CCCC3)n2)s1. The average molecular weight is 309 g/mol. The van der Waals surface area contributed by atoms with E-state index in [0.29, 0.717) is 6.04 Å². The summed E-state index contributed by atoms with van der Waals surface area (Å²) < 4.78 is 0. The van der Waals surface area contributed by atoms with E-state index in [0.717, 1.165) is 22.4 Å². The second-order valence-corrected chi connectivity index (χ2v) is 7.24. The molecule has 1 aliphatic heterocycles. The van der Waals surface area contributed by atoms with Gasteiger partial charge in [0.05, 0.1) is 6.54 Å². The third kappa shape index (κ3) is 3.34. The first kappa shape index (κ1) is 13.9. The van der Waals surface area contributed by atoms with Crippen LogP contribution in [0.25, 0.3) is 10.7 Å². The van der Waals surface area contributed by atoms with Gasteiger partial charge in [0.25, 0.3) is 0 Å². The molecule has 1 aliphatic rings. The molecule has 3 heterocycles. The lowest BCUT2D eigenvalue weighted by Crippen LogP contribution is -2.18. The van der Waals surface area contributed by atoms with Crippen LogP contribution in [0, 0.1) is 0 Å². The molecule has 108 valence electrons. The van der Waals surface area contributed by atoms with Gasteiger partial charge in [-0.25, -0.2) is 4.98 Å². The fourth-order valence-corrected chi connectivity index (χ4v) is 3.99. The summed E-state index contributed by atoms with van der Waals surface area (Å²) in [5.41, 5.74) is 0.957. The first-order valence-electron chi connectivity index (χ1n) is 6.98. The van der Waals surface area contributed by atoms with Gasteiger partial charge in [-0.1, -0.05) is 11.3 Å². The molecule has 3 rings (SSSR count). The van der Waals surface area contributed by atoms with Crippen LogP contribution in [0.5, 0.6) is 0 Å². The van der Waals surface area contributed by atoms with Gasteiger partial charge in [0.1, 0.15) is 10.7 Å². The summed E-state index contributed by atoms with van der Waals surface area (Å²) in [4.78, 5) is 7.16. The molecule has 2 aromatic heterocycles. The molecular formula is C13H19N5S2. The minimum absolute atomic E-state index is 0.372. The fourth-order valence-electron chi connectivity index (χ4n) is 2.25. The van der Waals surface area contributed by atoms with Crippen LogP contribution >= 0.6 is 22.7 Å². The number of hydrogen-bond donors (Lipinski definition) is 1. The summed E-state index contributed by atoms with van der Waals surface area (Å²) in [6.45, 7) is 7.57. The molecule has 0 spiro atoms. The van der Waals surface area contributed by atoms with Crippen molar-refractivity contribution in [3.05, 3.63) is 10.4 Å². The van der Waals surface area contributed by atoms with E-state index in [1.54, 1.807) is 22.7 Å². The Balaban J connectivity index is 1.67. The predicted molar refractivity (Wildman–Crippen MR) is 84.3 cm³/mol. The lowest BCUT2D eigenvalue weighted by Gasteiger charge is -2.11. The fraction of sp³-hybridized carbons (Fsp3) is 0.615. The Morgan fingerprint density at radius 2 is 2.10 bits per heavy atom. The summed E-state index contributed by atoms with van der Waals surface area (Å²) >= 11 is 3.29. The number of nitrogens with zero attached hydrogens (tertiary/aromatic N) is 4. The molecule has 1 saturated heterocycles. The van der Waals surface area contributed by atoms with E-state index >= 15 is 0 Å². The van der Waals surface area contributed by atoms with Gasteiger partial charge in [0.15, 0.2) is 5.01 Å². The highest BCUT2D eigenvalue weighted by Crippen LogP contribution is 2.28. The van der Waals surface area contributed by atoms with Gasteiger partial charge in [0.2, 0.25) is 5.13 Å². The molecule has 0 atom stereocenters. The quantitative estimate of drug-likeness (QED) is 0.920. The largest absolute Gasteiger partial charge is 0.358 e. The summed E-state index contributed by atoms with van der Waals surface area (Å²) in [5, 5.41) is 16.7. The van der Waals surface area contributed by atoms with Crippen molar-refractivity contribution in [2.45, 2.75) is 39.3 Å². The molecular weight excluding hydrogens is 290 g/mol. The Kier molecular flexibility index (Phi) is 4.28. The van der Waals surface area contributed by atoms with Crippen LogP contribution in [-0.4, -0.2) is 39.2 Å². The van der Waals surface area contributed by atoms with E-state index < -0.39 is 0 Å². The average Bonchev–Trinajstić information content (AvgIpc) is 3.09. The summed E-state index contributed by atoms with van der Waals surface area (Å²) in [6.07, 6.45) is 2.64. The molecule has 0 bridgehead atoms. The minimum Gasteiger partial charge on any atom is -0.358 e. The van der Waals surface area contributed by atoms with E-state index in [1.807, 2.05) is 0 Å². The van der Waals surface area contributed by atoms with Crippen molar-refractivity contribution in [1.29, 1.82) is 0 Å². The maximum absolute atomic E-state index is 4.69. The van der Waals surface area contributed by atoms with Crippen molar-refractivity contribution in [3.63, 3.8) is 0 Å². The van der Waals surface area contributed by atoms with Crippen molar-refractivity contribution in [3.8, 4) is 10.7 Å². The van der Waals surface area contributed by atoms with E-state index in [9.17, 15) is 0 Å². The summed E-state index contributed by atoms with van der Waals surface area (Å²) in [5.74, 6) is 0. The molecule has 1 N–H and O–H groups in total. The Morgan fingerprint density at radius 1 is 1.30 bits per heavy atom. The van der Waals surface area contributed by atoms with Crippen LogP contribution in [0.1, 0.15) is 31.7 Å². The van der Waals surface area contributed by atoms with Gasteiger partial charge < -0.3 is 5.32 Å². The van der Waals surface area contributed by atoms with Crippen LogP contribution in [0.15, 0.2) is 5.38 Å². The van der Waals surface area contributed by atoms with Crippen molar-refractivity contribution in [2.75, 3.05) is 18.4 Å². The van der Waals surface area contributed by atoms with Crippen molar-refractivity contribution in [2.24, 2.45) is 0 Å². The second-order valence-electron chi connectivity index (χ2n) is 5.32. The summed E-state index contributed by atoms with van der Waals surface area (Å²) in [6, 6.07) is 0.372. The van der Waals surface area contributed by atoms with Crippen LogP contribution in [0.2, 0.25) is 0 Å². The maximum Gasteiger partial charge on any atom is 0.206 e. The lowest BCUT2D eigenvalue weighted by molar-refractivity contribution is 0.331. The van der Waals surface area contributed by atoms with E-state index in [-0.39, 0.29) is 0 Å². The molecule has 7 heteroatoms. The number of nitrogens with one attached hydrogen (secondary N) is 1.